The van der Waals surface area contributed by atoms with Crippen LogP contribution in [0, 0.1) is 0 Å². The van der Waals surface area contributed by atoms with Crippen LogP contribution >= 0.6 is 0 Å². The number of benzene rings is 2. The SMILES string of the molecule is CCc1ccc(N2CCN3C2=NC2C3C(=O)N(CCCc3ccccc3)C(=O)N2C)cc1. The summed E-state index contributed by atoms with van der Waals surface area (Å²) in [6.45, 7) is 4.07. The van der Waals surface area contributed by atoms with E-state index in [2.05, 4.69) is 53.1 Å². The predicted octanol–water partition coefficient (Wildman–Crippen LogP) is 2.96. The van der Waals surface area contributed by atoms with Gasteiger partial charge in [0.05, 0.1) is 0 Å². The van der Waals surface area contributed by atoms with Gasteiger partial charge in [0.15, 0.2) is 12.2 Å². The molecule has 3 aliphatic rings. The number of urea groups is 1. The van der Waals surface area contributed by atoms with E-state index in [1.165, 1.54) is 16.0 Å². The first-order valence-corrected chi connectivity index (χ1v) is 11.4. The number of carbonyl (C=O) groups is 2. The molecular formula is C25H29N5O2. The molecule has 0 aromatic heterocycles. The minimum absolute atomic E-state index is 0.131. The van der Waals surface area contributed by atoms with Gasteiger partial charge in [-0.1, -0.05) is 49.4 Å². The number of rotatable bonds is 6. The van der Waals surface area contributed by atoms with E-state index < -0.39 is 12.2 Å². The summed E-state index contributed by atoms with van der Waals surface area (Å²) < 4.78 is 0. The van der Waals surface area contributed by atoms with E-state index in [9.17, 15) is 9.59 Å². The Morgan fingerprint density at radius 1 is 0.969 bits per heavy atom. The zero-order chi connectivity index (χ0) is 22.2. The first-order valence-electron chi connectivity index (χ1n) is 11.4. The first-order chi connectivity index (χ1) is 15.6. The number of hydrogen-bond acceptors (Lipinski definition) is 5. The molecule has 5 rings (SSSR count). The molecule has 0 spiro atoms. The summed E-state index contributed by atoms with van der Waals surface area (Å²) >= 11 is 0. The van der Waals surface area contributed by atoms with E-state index in [0.29, 0.717) is 6.54 Å². The van der Waals surface area contributed by atoms with Crippen molar-refractivity contribution >= 4 is 23.6 Å². The Kier molecular flexibility index (Phi) is 5.33. The molecule has 3 heterocycles. The van der Waals surface area contributed by atoms with Crippen LogP contribution in [0.2, 0.25) is 0 Å². The normalized spacial score (nSPS) is 22.4. The maximum absolute atomic E-state index is 13.4. The Morgan fingerprint density at radius 3 is 2.44 bits per heavy atom. The second-order valence-electron chi connectivity index (χ2n) is 8.63. The van der Waals surface area contributed by atoms with Gasteiger partial charge in [-0.15, -0.1) is 0 Å². The third kappa shape index (κ3) is 3.42. The number of guanidine groups is 1. The van der Waals surface area contributed by atoms with Gasteiger partial charge in [0, 0.05) is 32.4 Å². The van der Waals surface area contributed by atoms with Crippen molar-refractivity contribution in [1.82, 2.24) is 14.7 Å². The largest absolute Gasteiger partial charge is 0.328 e. The number of fused-ring (bicyclic) bond motifs is 3. The molecule has 3 amide bonds. The summed E-state index contributed by atoms with van der Waals surface area (Å²) in [5.41, 5.74) is 3.58. The molecule has 3 aliphatic heterocycles. The lowest BCUT2D eigenvalue weighted by Crippen LogP contribution is -2.64. The predicted molar refractivity (Wildman–Crippen MR) is 125 cm³/mol. The molecule has 2 unspecified atom stereocenters. The fraction of sp³-hybridized carbons (Fsp3) is 0.400. The van der Waals surface area contributed by atoms with Crippen molar-refractivity contribution in [3.05, 3.63) is 65.7 Å². The second kappa shape index (κ2) is 8.30. The third-order valence-corrected chi connectivity index (χ3v) is 6.72. The van der Waals surface area contributed by atoms with E-state index in [0.717, 1.165) is 44.0 Å². The van der Waals surface area contributed by atoms with Gasteiger partial charge in [0.1, 0.15) is 0 Å². The van der Waals surface area contributed by atoms with Gasteiger partial charge in [-0.3, -0.25) is 9.69 Å². The molecule has 0 radical (unpaired) electrons. The van der Waals surface area contributed by atoms with E-state index in [4.69, 9.17) is 4.99 Å². The maximum Gasteiger partial charge on any atom is 0.328 e. The van der Waals surface area contributed by atoms with Crippen LogP contribution in [0.4, 0.5) is 10.5 Å². The Morgan fingerprint density at radius 2 is 1.72 bits per heavy atom. The Balaban J connectivity index is 1.32. The smallest absolute Gasteiger partial charge is 0.325 e. The number of likely N-dealkylation sites (N-methyl/N-ethyl adjacent to an activating group) is 1. The van der Waals surface area contributed by atoms with Crippen LogP contribution in [-0.2, 0) is 17.6 Å². The van der Waals surface area contributed by atoms with Crippen molar-refractivity contribution in [2.75, 3.05) is 31.6 Å². The van der Waals surface area contributed by atoms with Gasteiger partial charge in [-0.05, 0) is 42.5 Å². The van der Waals surface area contributed by atoms with Gasteiger partial charge in [0.2, 0.25) is 5.96 Å². The summed E-state index contributed by atoms with van der Waals surface area (Å²) in [5.74, 6) is 0.663. The van der Waals surface area contributed by atoms with Crippen LogP contribution in [0.1, 0.15) is 24.5 Å². The summed E-state index contributed by atoms with van der Waals surface area (Å²) in [5, 5.41) is 0. The summed E-state index contributed by atoms with van der Waals surface area (Å²) in [6, 6.07) is 18.0. The summed E-state index contributed by atoms with van der Waals surface area (Å²) in [6.07, 6.45) is 2.12. The van der Waals surface area contributed by atoms with Crippen molar-refractivity contribution in [2.45, 2.75) is 38.4 Å². The van der Waals surface area contributed by atoms with Gasteiger partial charge in [-0.2, -0.15) is 0 Å². The Hall–Kier alpha value is -3.35. The molecule has 0 N–H and O–H groups in total. The lowest BCUT2D eigenvalue weighted by Gasteiger charge is -2.40. The molecule has 2 saturated heterocycles. The molecule has 7 heteroatoms. The molecule has 32 heavy (non-hydrogen) atoms. The summed E-state index contributed by atoms with van der Waals surface area (Å²) in [7, 11) is 1.75. The van der Waals surface area contributed by atoms with Crippen LogP contribution in [0.5, 0.6) is 0 Å². The highest BCUT2D eigenvalue weighted by Crippen LogP contribution is 2.33. The monoisotopic (exact) mass is 431 g/mol. The first kappa shape index (κ1) is 20.5. The summed E-state index contributed by atoms with van der Waals surface area (Å²) in [4.78, 5) is 38.5. The lowest BCUT2D eigenvalue weighted by atomic mass is 10.1. The van der Waals surface area contributed by atoms with Crippen LogP contribution in [0.25, 0.3) is 0 Å². The highest BCUT2D eigenvalue weighted by molar-refractivity contribution is 6.07. The minimum Gasteiger partial charge on any atom is -0.325 e. The standard InChI is InChI=1S/C25H29N5O2/c1-3-18-11-13-20(14-12-18)28-16-17-29-21-22(26-24(28)29)27(2)25(32)30(23(21)31)15-7-10-19-8-5-4-6-9-19/h4-6,8-9,11-14,21-22H,3,7,10,15-17H2,1-2H3. The van der Waals surface area contributed by atoms with Gasteiger partial charge in [0.25, 0.3) is 5.91 Å². The van der Waals surface area contributed by atoms with Gasteiger partial charge in [-0.25, -0.2) is 9.79 Å². The molecule has 166 valence electrons. The maximum atomic E-state index is 13.4. The number of carbonyl (C=O) groups excluding carboxylic acids is 2. The number of anilines is 1. The van der Waals surface area contributed by atoms with Crippen LogP contribution < -0.4 is 4.90 Å². The number of imide groups is 1. The zero-order valence-electron chi connectivity index (χ0n) is 18.6. The Bertz CT molecular complexity index is 1040. The van der Waals surface area contributed by atoms with Crippen LogP contribution in [-0.4, -0.2) is 71.5 Å². The molecule has 2 fully saturated rings. The topological polar surface area (TPSA) is 59.5 Å². The van der Waals surface area contributed by atoms with Crippen molar-refractivity contribution in [1.29, 1.82) is 0 Å². The van der Waals surface area contributed by atoms with E-state index in [1.54, 1.807) is 11.9 Å². The van der Waals surface area contributed by atoms with E-state index in [1.807, 2.05) is 18.2 Å². The van der Waals surface area contributed by atoms with Crippen LogP contribution in [0.15, 0.2) is 59.6 Å². The number of nitrogens with zero attached hydrogens (tertiary/aromatic N) is 5. The highest BCUT2D eigenvalue weighted by atomic mass is 16.2. The van der Waals surface area contributed by atoms with E-state index >= 15 is 0 Å². The second-order valence-corrected chi connectivity index (χ2v) is 8.63. The molecular weight excluding hydrogens is 402 g/mol. The molecule has 2 aromatic rings. The average molecular weight is 432 g/mol. The molecule has 0 saturated carbocycles. The van der Waals surface area contributed by atoms with Crippen molar-refractivity contribution in [3.8, 4) is 0 Å². The van der Waals surface area contributed by atoms with Crippen LogP contribution in [0.3, 0.4) is 0 Å². The molecule has 0 bridgehead atoms. The molecule has 2 atom stereocenters. The molecule has 2 aromatic carbocycles. The Labute approximate surface area is 188 Å². The highest BCUT2D eigenvalue weighted by Gasteiger charge is 2.54. The van der Waals surface area contributed by atoms with Gasteiger partial charge < -0.3 is 14.7 Å². The van der Waals surface area contributed by atoms with Gasteiger partial charge >= 0.3 is 6.03 Å². The number of aliphatic imine (C=N–C) groups is 1. The number of amides is 3. The lowest BCUT2D eigenvalue weighted by molar-refractivity contribution is -0.137. The van der Waals surface area contributed by atoms with Crippen molar-refractivity contribution in [2.24, 2.45) is 4.99 Å². The minimum atomic E-state index is -0.465. The third-order valence-electron chi connectivity index (χ3n) is 6.72. The molecule has 0 aliphatic carbocycles. The molecule has 7 nitrogen and oxygen atoms in total. The number of hydrogen-bond donors (Lipinski definition) is 0. The van der Waals surface area contributed by atoms with Crippen molar-refractivity contribution in [3.63, 3.8) is 0 Å². The fourth-order valence-corrected chi connectivity index (χ4v) is 4.88. The van der Waals surface area contributed by atoms with E-state index in [-0.39, 0.29) is 11.9 Å². The zero-order valence-corrected chi connectivity index (χ0v) is 18.6. The quantitative estimate of drug-likeness (QED) is 0.706. The van der Waals surface area contributed by atoms with Crippen molar-refractivity contribution < 1.29 is 9.59 Å². The average Bonchev–Trinajstić information content (AvgIpc) is 3.40. The fourth-order valence-electron chi connectivity index (χ4n) is 4.88. The number of aryl methyl sites for hydroxylation is 2.